The van der Waals surface area contributed by atoms with Crippen LogP contribution < -0.4 is 5.32 Å². The van der Waals surface area contributed by atoms with Crippen LogP contribution in [0.15, 0.2) is 0 Å². The third-order valence-electron chi connectivity index (χ3n) is 2.81. The summed E-state index contributed by atoms with van der Waals surface area (Å²) in [4.78, 5) is 13.2. The molecule has 1 atom stereocenters. The average molecular weight is 271 g/mol. The Kier molecular flexibility index (Phi) is 5.55. The van der Waals surface area contributed by atoms with Gasteiger partial charge in [-0.25, -0.2) is 8.78 Å². The van der Waals surface area contributed by atoms with Crippen LogP contribution in [0.25, 0.3) is 0 Å². The van der Waals surface area contributed by atoms with Crippen molar-refractivity contribution in [2.45, 2.75) is 31.4 Å². The van der Waals surface area contributed by atoms with Crippen LogP contribution in [0.3, 0.4) is 0 Å². The van der Waals surface area contributed by atoms with Crippen molar-refractivity contribution >= 4 is 18.3 Å². The summed E-state index contributed by atoms with van der Waals surface area (Å²) in [6.45, 7) is 1.13. The van der Waals surface area contributed by atoms with Crippen LogP contribution in [-0.2, 0) is 9.53 Å². The van der Waals surface area contributed by atoms with Crippen LogP contribution in [0.1, 0.15) is 12.8 Å². The van der Waals surface area contributed by atoms with E-state index in [0.717, 1.165) is 12.8 Å². The monoisotopic (exact) mass is 270 g/mol. The van der Waals surface area contributed by atoms with E-state index >= 15 is 0 Å². The molecule has 2 fully saturated rings. The largest absolute Gasteiger partial charge is 0.366 e. The van der Waals surface area contributed by atoms with Gasteiger partial charge in [-0.15, -0.1) is 12.4 Å². The van der Waals surface area contributed by atoms with Gasteiger partial charge in [-0.1, -0.05) is 0 Å². The summed E-state index contributed by atoms with van der Waals surface area (Å²) in [5, 5.41) is 3.02. The highest BCUT2D eigenvalue weighted by Gasteiger charge is 2.37. The maximum Gasteiger partial charge on any atom is 0.255 e. The van der Waals surface area contributed by atoms with Crippen LogP contribution in [0.4, 0.5) is 8.78 Å². The molecule has 1 saturated carbocycles. The first-order valence-corrected chi connectivity index (χ1v) is 5.59. The third kappa shape index (κ3) is 4.04. The van der Waals surface area contributed by atoms with Crippen molar-refractivity contribution in [1.29, 1.82) is 0 Å². The van der Waals surface area contributed by atoms with E-state index in [0.29, 0.717) is 19.7 Å². The Hall–Kier alpha value is -0.460. The van der Waals surface area contributed by atoms with E-state index in [1.54, 1.807) is 0 Å². The van der Waals surface area contributed by atoms with Crippen molar-refractivity contribution in [3.05, 3.63) is 0 Å². The normalized spacial score (nSPS) is 24.3. The summed E-state index contributed by atoms with van der Waals surface area (Å²) in [5.41, 5.74) is 0. The lowest BCUT2D eigenvalue weighted by Gasteiger charge is -2.29. The van der Waals surface area contributed by atoms with Crippen molar-refractivity contribution in [3.8, 4) is 0 Å². The molecule has 100 valence electrons. The lowest BCUT2D eigenvalue weighted by atomic mass is 10.2. The van der Waals surface area contributed by atoms with Crippen LogP contribution in [0.5, 0.6) is 0 Å². The molecule has 2 rings (SSSR count). The predicted molar refractivity (Wildman–Crippen MR) is 60.6 cm³/mol. The maximum atomic E-state index is 12.4. The van der Waals surface area contributed by atoms with Gasteiger partial charge in [0.05, 0.1) is 13.2 Å². The van der Waals surface area contributed by atoms with Gasteiger partial charge >= 0.3 is 0 Å². The highest BCUT2D eigenvalue weighted by molar-refractivity contribution is 5.85. The second kappa shape index (κ2) is 6.47. The number of carbonyl (C=O) groups is 1. The first-order valence-electron chi connectivity index (χ1n) is 5.59. The fourth-order valence-electron chi connectivity index (χ4n) is 1.86. The minimum absolute atomic E-state index is 0. The molecule has 17 heavy (non-hydrogen) atoms. The smallest absolute Gasteiger partial charge is 0.255 e. The van der Waals surface area contributed by atoms with Gasteiger partial charge < -0.3 is 15.0 Å². The highest BCUT2D eigenvalue weighted by Crippen LogP contribution is 2.28. The van der Waals surface area contributed by atoms with Crippen molar-refractivity contribution in [3.63, 3.8) is 0 Å². The first-order chi connectivity index (χ1) is 7.68. The summed E-state index contributed by atoms with van der Waals surface area (Å²) < 4.78 is 30.0. The van der Waals surface area contributed by atoms with Crippen molar-refractivity contribution in [1.82, 2.24) is 10.2 Å². The van der Waals surface area contributed by atoms with Gasteiger partial charge in [0, 0.05) is 19.1 Å². The molecule has 0 spiro atoms. The molecule has 0 radical (unpaired) electrons. The molecular formula is C10H17ClF2N2O2. The molecule has 0 aromatic carbocycles. The second-order valence-electron chi connectivity index (χ2n) is 4.18. The highest BCUT2D eigenvalue weighted by atomic mass is 35.5. The molecule has 1 aliphatic heterocycles. The zero-order valence-electron chi connectivity index (χ0n) is 9.40. The van der Waals surface area contributed by atoms with E-state index in [4.69, 9.17) is 4.74 Å². The van der Waals surface area contributed by atoms with Gasteiger partial charge in [-0.3, -0.25) is 4.79 Å². The van der Waals surface area contributed by atoms with Gasteiger partial charge in [0.15, 0.2) is 0 Å². The Morgan fingerprint density at radius 1 is 1.47 bits per heavy atom. The molecule has 1 unspecified atom stereocenters. The van der Waals surface area contributed by atoms with Gasteiger partial charge in [-0.2, -0.15) is 0 Å². The fourth-order valence-corrected chi connectivity index (χ4v) is 1.86. The molecule has 1 amide bonds. The molecule has 4 nitrogen and oxygen atoms in total. The van der Waals surface area contributed by atoms with E-state index in [-0.39, 0.29) is 24.4 Å². The zero-order chi connectivity index (χ0) is 11.5. The molecule has 7 heteroatoms. The van der Waals surface area contributed by atoms with E-state index in [2.05, 4.69) is 5.32 Å². The van der Waals surface area contributed by atoms with Crippen molar-refractivity contribution in [2.75, 3.05) is 26.2 Å². The van der Waals surface area contributed by atoms with Crippen LogP contribution in [0, 0.1) is 0 Å². The zero-order valence-corrected chi connectivity index (χ0v) is 10.2. The van der Waals surface area contributed by atoms with Crippen molar-refractivity contribution < 1.29 is 18.3 Å². The minimum atomic E-state index is -2.47. The van der Waals surface area contributed by atoms with Crippen LogP contribution in [-0.4, -0.2) is 55.6 Å². The molecule has 1 saturated heterocycles. The quantitative estimate of drug-likeness (QED) is 0.816. The number of amides is 1. The Morgan fingerprint density at radius 2 is 2.18 bits per heavy atom. The second-order valence-corrected chi connectivity index (χ2v) is 4.18. The summed E-state index contributed by atoms with van der Waals surface area (Å²) >= 11 is 0. The molecule has 0 aromatic heterocycles. The summed E-state index contributed by atoms with van der Waals surface area (Å²) in [7, 11) is 0. The number of halogens is 3. The minimum Gasteiger partial charge on any atom is -0.366 e. The Bertz CT molecular complexity index is 259. The molecular weight excluding hydrogens is 254 g/mol. The van der Waals surface area contributed by atoms with E-state index in [1.165, 1.54) is 4.90 Å². The number of morpholine rings is 1. The first kappa shape index (κ1) is 14.6. The number of rotatable bonds is 4. The van der Waals surface area contributed by atoms with Crippen LogP contribution >= 0.6 is 12.4 Å². The Balaban J connectivity index is 0.00000144. The van der Waals surface area contributed by atoms with Crippen LogP contribution in [0.2, 0.25) is 0 Å². The molecule has 1 aliphatic carbocycles. The number of nitrogens with zero attached hydrogens (tertiary/aromatic N) is 1. The lowest BCUT2D eigenvalue weighted by molar-refractivity contribution is -0.147. The third-order valence-corrected chi connectivity index (χ3v) is 2.81. The number of hydrogen-bond acceptors (Lipinski definition) is 3. The van der Waals surface area contributed by atoms with E-state index in [1.807, 2.05) is 0 Å². The SMILES string of the molecule is Cl.O=C(C1CNCCO1)N(CC(F)F)C1CC1. The van der Waals surface area contributed by atoms with Crippen molar-refractivity contribution in [2.24, 2.45) is 0 Å². The molecule has 2 aliphatic rings. The number of alkyl halides is 2. The Morgan fingerprint density at radius 3 is 2.65 bits per heavy atom. The molecule has 0 bridgehead atoms. The van der Waals surface area contributed by atoms with Gasteiger partial charge in [-0.05, 0) is 12.8 Å². The lowest BCUT2D eigenvalue weighted by Crippen LogP contribution is -2.51. The Labute approximate surface area is 105 Å². The summed E-state index contributed by atoms with van der Waals surface area (Å²) in [6.07, 6.45) is -1.40. The predicted octanol–water partition coefficient (Wildman–Crippen LogP) is 0.653. The van der Waals surface area contributed by atoms with E-state index in [9.17, 15) is 13.6 Å². The fraction of sp³-hybridized carbons (Fsp3) is 0.900. The van der Waals surface area contributed by atoms with E-state index < -0.39 is 19.1 Å². The van der Waals surface area contributed by atoms with Gasteiger partial charge in [0.2, 0.25) is 0 Å². The number of ether oxygens (including phenoxy) is 1. The number of nitrogens with one attached hydrogen (secondary N) is 1. The maximum absolute atomic E-state index is 12.4. The molecule has 0 aromatic rings. The molecule has 1 heterocycles. The van der Waals surface area contributed by atoms with Gasteiger partial charge in [0.25, 0.3) is 12.3 Å². The standard InChI is InChI=1S/C10H16F2N2O2.ClH/c11-9(12)6-14(7-1-2-7)10(15)8-5-13-3-4-16-8;/h7-9,13H,1-6H2;1H. The average Bonchev–Trinajstić information content (AvgIpc) is 3.10. The summed E-state index contributed by atoms with van der Waals surface area (Å²) in [5.74, 6) is -0.296. The number of hydrogen-bond donors (Lipinski definition) is 1. The van der Waals surface area contributed by atoms with Gasteiger partial charge in [0.1, 0.15) is 6.10 Å². The number of carbonyl (C=O) groups excluding carboxylic acids is 1. The molecule has 1 N–H and O–H groups in total. The summed E-state index contributed by atoms with van der Waals surface area (Å²) in [6, 6.07) is 0.00651. The topological polar surface area (TPSA) is 41.6 Å².